The first-order chi connectivity index (χ1) is 21.4. The normalized spacial score (nSPS) is 44.9. The molecule has 8 nitrogen and oxygen atoms in total. The van der Waals surface area contributed by atoms with Gasteiger partial charge in [-0.05, 0) is 42.0 Å². The minimum Gasteiger partial charge on any atom is -0.472 e. The summed E-state index contributed by atoms with van der Waals surface area (Å²) in [5.41, 5.74) is 0.209. The molecule has 1 aromatic heterocycles. The van der Waals surface area contributed by atoms with Crippen molar-refractivity contribution in [1.82, 2.24) is 0 Å². The number of esters is 2. The van der Waals surface area contributed by atoms with Crippen molar-refractivity contribution in [2.24, 2.45) is 33.5 Å². The number of ether oxygens (including phenoxy) is 3. The predicted octanol–water partition coefficient (Wildman–Crippen LogP) is 5.45. The lowest BCUT2D eigenvalue weighted by Crippen LogP contribution is -2.74. The van der Waals surface area contributed by atoms with E-state index in [1.807, 2.05) is 43.3 Å². The molecule has 8 heteroatoms. The number of aliphatic hydroxyl groups is 2. The molecule has 1 unspecified atom stereocenters. The third kappa shape index (κ3) is 4.14. The van der Waals surface area contributed by atoms with Gasteiger partial charge in [0.25, 0.3) is 0 Å². The van der Waals surface area contributed by atoms with Crippen molar-refractivity contribution in [1.29, 1.82) is 0 Å². The molecule has 4 fully saturated rings. The molecule has 1 aromatic carbocycles. The van der Waals surface area contributed by atoms with Crippen LogP contribution in [0.4, 0.5) is 0 Å². The van der Waals surface area contributed by atoms with Gasteiger partial charge >= 0.3 is 11.9 Å². The summed E-state index contributed by atoms with van der Waals surface area (Å²) >= 11 is 0. The molecule has 7 rings (SSSR count). The Morgan fingerprint density at radius 1 is 0.978 bits per heavy atom. The Kier molecular flexibility index (Phi) is 7.04. The SMILES string of the molecule is CC(=O)O[C@H]1C[C@@H](O)[C@@]2(C)CO[C@H]3[C@@H](O)[C@@]4(C)C5=CC[C@@H](c6ccoc6)[C@]5(C)C(OC(=O)/C=C/c5ccccc5)C[C@@H]4[C@]1(C)[C@@H]32. The molecule has 0 spiro atoms. The van der Waals surface area contributed by atoms with Crippen molar-refractivity contribution in [3.8, 4) is 0 Å². The van der Waals surface area contributed by atoms with E-state index in [4.69, 9.17) is 18.6 Å². The van der Waals surface area contributed by atoms with E-state index in [0.717, 1.165) is 16.7 Å². The third-order valence-electron chi connectivity index (χ3n) is 12.9. The molecule has 4 aliphatic carbocycles. The summed E-state index contributed by atoms with van der Waals surface area (Å²) in [4.78, 5) is 26.1. The summed E-state index contributed by atoms with van der Waals surface area (Å²) in [5, 5.41) is 23.9. The Labute approximate surface area is 264 Å². The lowest BCUT2D eigenvalue weighted by atomic mass is 9.36. The Hall–Kier alpha value is -3.20. The number of carbonyl (C=O) groups is 2. The number of rotatable bonds is 5. The average Bonchev–Trinajstić information content (AvgIpc) is 3.74. The summed E-state index contributed by atoms with van der Waals surface area (Å²) in [7, 11) is 0. The molecule has 0 amide bonds. The molecule has 1 saturated heterocycles. The lowest BCUT2D eigenvalue weighted by molar-refractivity contribution is -0.269. The molecule has 12 atom stereocenters. The molecular formula is C37H44O8. The first-order valence-electron chi connectivity index (χ1n) is 16.2. The van der Waals surface area contributed by atoms with Gasteiger partial charge in [-0.1, -0.05) is 69.7 Å². The quantitative estimate of drug-likeness (QED) is 0.259. The van der Waals surface area contributed by atoms with Gasteiger partial charge in [0, 0.05) is 52.9 Å². The highest BCUT2D eigenvalue weighted by Gasteiger charge is 2.78. The molecule has 2 heterocycles. The van der Waals surface area contributed by atoms with E-state index in [9.17, 15) is 19.8 Å². The van der Waals surface area contributed by atoms with Crippen molar-refractivity contribution in [2.75, 3.05) is 6.61 Å². The number of hydrogen-bond acceptors (Lipinski definition) is 8. The molecule has 240 valence electrons. The second-order valence-electron chi connectivity index (χ2n) is 14.9. The van der Waals surface area contributed by atoms with Crippen LogP contribution in [0.2, 0.25) is 0 Å². The van der Waals surface area contributed by atoms with Crippen LogP contribution in [0.5, 0.6) is 0 Å². The second kappa shape index (κ2) is 10.4. The van der Waals surface area contributed by atoms with Gasteiger partial charge in [-0.2, -0.15) is 0 Å². The van der Waals surface area contributed by atoms with E-state index in [1.54, 1.807) is 18.6 Å². The number of fused-ring (bicyclic) bond motifs is 4. The third-order valence-corrected chi connectivity index (χ3v) is 12.9. The number of furan rings is 1. The summed E-state index contributed by atoms with van der Waals surface area (Å²) < 4.78 is 24.5. The van der Waals surface area contributed by atoms with E-state index in [0.29, 0.717) is 19.4 Å². The van der Waals surface area contributed by atoms with Crippen molar-refractivity contribution < 1.29 is 38.4 Å². The fourth-order valence-electron chi connectivity index (χ4n) is 10.8. The van der Waals surface area contributed by atoms with Crippen LogP contribution in [0.1, 0.15) is 70.9 Å². The van der Waals surface area contributed by atoms with Gasteiger partial charge in [-0.25, -0.2) is 4.79 Å². The first-order valence-corrected chi connectivity index (χ1v) is 16.2. The van der Waals surface area contributed by atoms with Gasteiger partial charge in [-0.3, -0.25) is 4.79 Å². The van der Waals surface area contributed by atoms with E-state index < -0.39 is 64.1 Å². The van der Waals surface area contributed by atoms with Gasteiger partial charge in [0.15, 0.2) is 0 Å². The Morgan fingerprint density at radius 3 is 2.42 bits per heavy atom. The molecule has 0 bridgehead atoms. The minimum atomic E-state index is -0.881. The van der Waals surface area contributed by atoms with Crippen molar-refractivity contribution in [3.63, 3.8) is 0 Å². The maximum absolute atomic E-state index is 13.6. The summed E-state index contributed by atoms with van der Waals surface area (Å²) in [6, 6.07) is 11.6. The molecule has 2 N–H and O–H groups in total. The number of benzene rings is 1. The van der Waals surface area contributed by atoms with Gasteiger partial charge in [0.05, 0.1) is 37.4 Å². The molecule has 2 aromatic rings. The summed E-state index contributed by atoms with van der Waals surface area (Å²) in [5.74, 6) is -1.41. The van der Waals surface area contributed by atoms with Gasteiger partial charge in [-0.15, -0.1) is 0 Å². The average molecular weight is 617 g/mol. The molecule has 0 radical (unpaired) electrons. The maximum atomic E-state index is 13.6. The van der Waals surface area contributed by atoms with Crippen molar-refractivity contribution in [3.05, 3.63) is 77.8 Å². The van der Waals surface area contributed by atoms with Crippen LogP contribution in [-0.4, -0.2) is 59.3 Å². The topological polar surface area (TPSA) is 115 Å². The zero-order valence-electron chi connectivity index (χ0n) is 26.6. The highest BCUT2D eigenvalue weighted by atomic mass is 16.6. The number of aliphatic hydroxyl groups excluding tert-OH is 2. The van der Waals surface area contributed by atoms with Crippen LogP contribution in [0.15, 0.2) is 71.1 Å². The van der Waals surface area contributed by atoms with Gasteiger partial charge in [0.2, 0.25) is 0 Å². The Balaban J connectivity index is 1.35. The van der Waals surface area contributed by atoms with Crippen LogP contribution >= 0.6 is 0 Å². The van der Waals surface area contributed by atoms with Gasteiger partial charge in [0.1, 0.15) is 12.2 Å². The summed E-state index contributed by atoms with van der Waals surface area (Å²) in [6.07, 6.45) is 6.97. The molecule has 5 aliphatic rings. The van der Waals surface area contributed by atoms with E-state index in [2.05, 4.69) is 26.8 Å². The van der Waals surface area contributed by atoms with Crippen LogP contribution < -0.4 is 0 Å². The lowest BCUT2D eigenvalue weighted by Gasteiger charge is -2.69. The van der Waals surface area contributed by atoms with E-state index in [-0.39, 0.29) is 24.2 Å². The molecular weight excluding hydrogens is 572 g/mol. The monoisotopic (exact) mass is 616 g/mol. The standard InChI is InChI=1S/C37H44O8/c1-21(38)44-29-18-27(39)34(2)20-43-31-32(34)37(29,5)26-17-28(45-30(40)14-11-22-9-7-6-8-10-22)35(3)24(23-15-16-42-19-23)12-13-25(35)36(26,4)33(31)41/h6-11,13-16,19,24,26-29,31-33,39,41H,12,17-18,20H2,1-5H3/b14-11+/t24-,26-,27+,28?,29-,31+,32-,33+,34+,35-,36-,37-/m0/s1. The number of hydrogen-bond donors (Lipinski definition) is 2. The van der Waals surface area contributed by atoms with Crippen molar-refractivity contribution in [2.45, 2.75) is 90.3 Å². The fraction of sp³-hybridized carbons (Fsp3) is 0.568. The predicted molar refractivity (Wildman–Crippen MR) is 165 cm³/mol. The van der Waals surface area contributed by atoms with Crippen LogP contribution in [0.3, 0.4) is 0 Å². The van der Waals surface area contributed by atoms with E-state index >= 15 is 0 Å². The highest BCUT2D eigenvalue weighted by molar-refractivity contribution is 5.87. The largest absolute Gasteiger partial charge is 0.472 e. The van der Waals surface area contributed by atoms with E-state index in [1.165, 1.54) is 13.0 Å². The fourth-order valence-corrected chi connectivity index (χ4v) is 10.8. The second-order valence-corrected chi connectivity index (χ2v) is 14.9. The zero-order valence-corrected chi connectivity index (χ0v) is 26.6. The Bertz CT molecular complexity index is 1530. The van der Waals surface area contributed by atoms with Crippen molar-refractivity contribution >= 4 is 18.0 Å². The molecule has 45 heavy (non-hydrogen) atoms. The minimum absolute atomic E-state index is 0.0372. The smallest absolute Gasteiger partial charge is 0.331 e. The van der Waals surface area contributed by atoms with Gasteiger partial charge < -0.3 is 28.8 Å². The maximum Gasteiger partial charge on any atom is 0.331 e. The molecule has 3 saturated carbocycles. The number of carbonyl (C=O) groups excluding carboxylic acids is 2. The number of allylic oxidation sites excluding steroid dienone is 1. The first kappa shape index (κ1) is 30.5. The zero-order chi connectivity index (χ0) is 31.9. The van der Waals surface area contributed by atoms with Crippen LogP contribution in [0, 0.1) is 33.5 Å². The Morgan fingerprint density at radius 2 is 1.73 bits per heavy atom. The van der Waals surface area contributed by atoms with Crippen LogP contribution in [-0.2, 0) is 23.8 Å². The summed E-state index contributed by atoms with van der Waals surface area (Å²) in [6.45, 7) is 10.2. The molecule has 1 aliphatic heterocycles. The highest BCUT2D eigenvalue weighted by Crippen LogP contribution is 2.75. The van der Waals surface area contributed by atoms with Crippen LogP contribution in [0.25, 0.3) is 6.08 Å².